The predicted octanol–water partition coefficient (Wildman–Crippen LogP) is 4.71. The summed E-state index contributed by atoms with van der Waals surface area (Å²) in [6, 6.07) is 0.815. The van der Waals surface area contributed by atoms with Crippen molar-refractivity contribution in [1.29, 1.82) is 0 Å². The molecule has 4 N–H and O–H groups in total. The summed E-state index contributed by atoms with van der Waals surface area (Å²) in [5.41, 5.74) is 5.74. The molecule has 2 fully saturated rings. The minimum atomic E-state index is 0.811. The molecule has 0 atom stereocenters. The van der Waals surface area contributed by atoms with E-state index in [0.29, 0.717) is 0 Å². The Labute approximate surface area is 152 Å². The third-order valence-corrected chi connectivity index (χ3v) is 5.30. The highest BCUT2D eigenvalue weighted by atomic mass is 14.9. The number of hydrogen-bond donors (Lipinski definition) is 3. The second kappa shape index (κ2) is 17.7. The lowest BCUT2D eigenvalue weighted by Crippen LogP contribution is -2.34. The molecule has 146 valence electrons. The third-order valence-electron chi connectivity index (χ3n) is 5.30. The molecule has 0 aliphatic heterocycles. The summed E-state index contributed by atoms with van der Waals surface area (Å²) in [5, 5.41) is 7.37. The maximum absolute atomic E-state index is 5.74. The van der Waals surface area contributed by atoms with E-state index in [4.69, 9.17) is 5.73 Å². The van der Waals surface area contributed by atoms with Gasteiger partial charge in [-0.05, 0) is 83.0 Å². The van der Waals surface area contributed by atoms with Crippen molar-refractivity contribution in [2.24, 2.45) is 17.6 Å². The molecule has 3 nitrogen and oxygen atoms in total. The van der Waals surface area contributed by atoms with Crippen LogP contribution in [0.2, 0.25) is 0 Å². The highest BCUT2D eigenvalue weighted by Crippen LogP contribution is 2.27. The molecule has 0 amide bonds. The molecular formula is C21H47N3. The molecule has 0 spiro atoms. The lowest BCUT2D eigenvalue weighted by Gasteiger charge is -2.27. The molecule has 0 saturated heterocycles. The van der Waals surface area contributed by atoms with E-state index in [-0.39, 0.29) is 0 Å². The molecule has 0 aromatic rings. The van der Waals surface area contributed by atoms with Gasteiger partial charge in [0.05, 0.1) is 0 Å². The van der Waals surface area contributed by atoms with Crippen LogP contribution in [-0.4, -0.2) is 32.2 Å². The van der Waals surface area contributed by atoms with Crippen molar-refractivity contribution in [2.75, 3.05) is 26.2 Å². The Morgan fingerprint density at radius 3 is 1.92 bits per heavy atom. The zero-order valence-electron chi connectivity index (χ0n) is 17.2. The summed E-state index contributed by atoms with van der Waals surface area (Å²) in [6.07, 6.45) is 13.9. The van der Waals surface area contributed by atoms with Gasteiger partial charge in [0, 0.05) is 6.04 Å². The number of nitrogens with one attached hydrogen (secondary N) is 2. The molecule has 2 saturated carbocycles. The first-order valence-corrected chi connectivity index (χ1v) is 11.0. The van der Waals surface area contributed by atoms with Gasteiger partial charge in [-0.15, -0.1) is 0 Å². The number of rotatable bonds is 8. The van der Waals surface area contributed by atoms with Gasteiger partial charge >= 0.3 is 0 Å². The van der Waals surface area contributed by atoms with Crippen LogP contribution in [0, 0.1) is 11.8 Å². The van der Waals surface area contributed by atoms with Gasteiger partial charge < -0.3 is 16.4 Å². The van der Waals surface area contributed by atoms with Crippen molar-refractivity contribution < 1.29 is 0 Å². The summed E-state index contributed by atoms with van der Waals surface area (Å²) in [5.74, 6) is 1.72. The summed E-state index contributed by atoms with van der Waals surface area (Å²) in [7, 11) is 0. The fraction of sp³-hybridized carbons (Fsp3) is 1.00. The van der Waals surface area contributed by atoms with Crippen molar-refractivity contribution in [2.45, 2.75) is 97.9 Å². The Bertz CT molecular complexity index is 231. The minimum Gasteiger partial charge on any atom is -0.330 e. The van der Waals surface area contributed by atoms with Gasteiger partial charge in [0.15, 0.2) is 0 Å². The lowest BCUT2D eigenvalue weighted by atomic mass is 9.82. The van der Waals surface area contributed by atoms with Gasteiger partial charge in [0.1, 0.15) is 0 Å². The second-order valence-electron chi connectivity index (χ2n) is 6.97. The second-order valence-corrected chi connectivity index (χ2v) is 6.97. The summed E-state index contributed by atoms with van der Waals surface area (Å²) in [6.45, 7) is 12.5. The van der Waals surface area contributed by atoms with Gasteiger partial charge in [-0.25, -0.2) is 0 Å². The maximum atomic E-state index is 5.74. The third kappa shape index (κ3) is 11.4. The Kier molecular flexibility index (Phi) is 17.6. The Morgan fingerprint density at radius 1 is 0.750 bits per heavy atom. The van der Waals surface area contributed by atoms with Gasteiger partial charge in [-0.3, -0.25) is 0 Å². The maximum Gasteiger partial charge on any atom is 0.00670 e. The standard InChI is InChI=1S/C17H35N3.2C2H6/c18-13-15-7-9-16(10-8-15)14-19-11-4-12-20-17-5-2-1-3-6-17;2*1-2/h15-17,19-20H,1-14,18H2;2*1-2H3. The van der Waals surface area contributed by atoms with E-state index >= 15 is 0 Å². The molecule has 0 bridgehead atoms. The predicted molar refractivity (Wildman–Crippen MR) is 110 cm³/mol. The van der Waals surface area contributed by atoms with Crippen LogP contribution in [0.4, 0.5) is 0 Å². The van der Waals surface area contributed by atoms with E-state index in [1.807, 2.05) is 27.7 Å². The lowest BCUT2D eigenvalue weighted by molar-refractivity contribution is 0.272. The van der Waals surface area contributed by atoms with Crippen LogP contribution < -0.4 is 16.4 Å². The van der Waals surface area contributed by atoms with Crippen molar-refractivity contribution in [3.05, 3.63) is 0 Å². The zero-order valence-corrected chi connectivity index (χ0v) is 17.2. The quantitative estimate of drug-likeness (QED) is 0.561. The summed E-state index contributed by atoms with van der Waals surface area (Å²) < 4.78 is 0. The smallest absolute Gasteiger partial charge is 0.00670 e. The molecule has 3 heteroatoms. The van der Waals surface area contributed by atoms with Gasteiger partial charge in [-0.1, -0.05) is 47.0 Å². The van der Waals surface area contributed by atoms with E-state index < -0.39 is 0 Å². The first-order chi connectivity index (χ1) is 11.9. The first-order valence-electron chi connectivity index (χ1n) is 11.0. The molecule has 0 aromatic carbocycles. The van der Waals surface area contributed by atoms with Crippen molar-refractivity contribution in [1.82, 2.24) is 10.6 Å². The molecule has 2 aliphatic rings. The largest absolute Gasteiger partial charge is 0.330 e. The Hall–Kier alpha value is -0.120. The molecular weight excluding hydrogens is 294 g/mol. The summed E-state index contributed by atoms with van der Waals surface area (Å²) in [4.78, 5) is 0. The summed E-state index contributed by atoms with van der Waals surface area (Å²) >= 11 is 0. The molecule has 2 aliphatic carbocycles. The normalized spacial score (nSPS) is 24.4. The monoisotopic (exact) mass is 341 g/mol. The molecule has 24 heavy (non-hydrogen) atoms. The van der Waals surface area contributed by atoms with Crippen LogP contribution in [0.5, 0.6) is 0 Å². The van der Waals surface area contributed by atoms with Gasteiger partial charge in [0.25, 0.3) is 0 Å². The Morgan fingerprint density at radius 2 is 1.33 bits per heavy atom. The van der Waals surface area contributed by atoms with E-state index in [1.54, 1.807) is 0 Å². The van der Waals surface area contributed by atoms with Crippen LogP contribution in [0.15, 0.2) is 0 Å². The average molecular weight is 342 g/mol. The average Bonchev–Trinajstić information content (AvgIpc) is 2.69. The molecule has 0 radical (unpaired) electrons. The fourth-order valence-electron chi connectivity index (χ4n) is 3.80. The van der Waals surface area contributed by atoms with Crippen LogP contribution in [0.25, 0.3) is 0 Å². The van der Waals surface area contributed by atoms with Crippen LogP contribution >= 0.6 is 0 Å². The minimum absolute atomic E-state index is 0.811. The molecule has 2 rings (SSSR count). The first kappa shape index (κ1) is 23.9. The van der Waals surface area contributed by atoms with E-state index in [1.165, 1.54) is 83.8 Å². The zero-order chi connectivity index (χ0) is 18.0. The van der Waals surface area contributed by atoms with E-state index in [0.717, 1.165) is 24.4 Å². The SMILES string of the molecule is CC.CC.NCC1CCC(CNCCCNC2CCCCC2)CC1. The highest BCUT2D eigenvalue weighted by molar-refractivity contribution is 4.75. The van der Waals surface area contributed by atoms with Crippen molar-refractivity contribution >= 4 is 0 Å². The van der Waals surface area contributed by atoms with E-state index in [9.17, 15) is 0 Å². The Balaban J connectivity index is 0.00000123. The van der Waals surface area contributed by atoms with Gasteiger partial charge in [0.2, 0.25) is 0 Å². The van der Waals surface area contributed by atoms with Crippen LogP contribution in [0.1, 0.15) is 91.9 Å². The van der Waals surface area contributed by atoms with E-state index in [2.05, 4.69) is 10.6 Å². The van der Waals surface area contributed by atoms with Crippen LogP contribution in [0.3, 0.4) is 0 Å². The fourth-order valence-corrected chi connectivity index (χ4v) is 3.80. The highest BCUT2D eigenvalue weighted by Gasteiger charge is 2.19. The molecule has 0 unspecified atom stereocenters. The number of nitrogens with two attached hydrogens (primary N) is 1. The topological polar surface area (TPSA) is 50.1 Å². The number of hydrogen-bond acceptors (Lipinski definition) is 3. The van der Waals surface area contributed by atoms with Crippen molar-refractivity contribution in [3.8, 4) is 0 Å². The molecule has 0 heterocycles. The molecule has 0 aromatic heterocycles. The van der Waals surface area contributed by atoms with Crippen molar-refractivity contribution in [3.63, 3.8) is 0 Å². The van der Waals surface area contributed by atoms with Crippen LogP contribution in [-0.2, 0) is 0 Å². The van der Waals surface area contributed by atoms with Gasteiger partial charge in [-0.2, -0.15) is 0 Å².